The predicted octanol–water partition coefficient (Wildman–Crippen LogP) is 3.88. The van der Waals surface area contributed by atoms with Gasteiger partial charge < -0.3 is 10.3 Å². The fourth-order valence-corrected chi connectivity index (χ4v) is 2.62. The van der Waals surface area contributed by atoms with E-state index in [0.29, 0.717) is 0 Å². The molecule has 0 saturated heterocycles. The lowest BCUT2D eigenvalue weighted by Gasteiger charge is -2.04. The molecule has 1 aromatic carbocycles. The highest BCUT2D eigenvalue weighted by molar-refractivity contribution is 6.30. The normalized spacial score (nSPS) is 19.5. The van der Waals surface area contributed by atoms with Gasteiger partial charge in [-0.05, 0) is 48.9 Å². The Hall–Kier alpha value is -0.740. The second-order valence-corrected chi connectivity index (χ2v) is 5.73. The maximum absolute atomic E-state index is 5.86. The topological polar surface area (TPSA) is 40.7 Å². The van der Waals surface area contributed by atoms with Gasteiger partial charge >= 0.3 is 0 Å². The molecule has 6 heteroatoms. The van der Waals surface area contributed by atoms with Gasteiger partial charge in [0.1, 0.15) is 0 Å². The van der Waals surface area contributed by atoms with Gasteiger partial charge in [-0.25, -0.2) is 4.98 Å². The molecule has 0 unspecified atom stereocenters. The third-order valence-electron chi connectivity index (χ3n) is 3.75. The smallest absolute Gasteiger partial charge is 0.0921 e. The summed E-state index contributed by atoms with van der Waals surface area (Å²) in [6.45, 7) is 2.02. The van der Waals surface area contributed by atoms with E-state index < -0.39 is 0 Å². The van der Waals surface area contributed by atoms with Crippen molar-refractivity contribution in [1.82, 2.24) is 15.3 Å². The number of rotatable bonds is 6. The van der Waals surface area contributed by atoms with E-state index in [4.69, 9.17) is 11.6 Å². The van der Waals surface area contributed by atoms with E-state index >= 15 is 0 Å². The van der Waals surface area contributed by atoms with Crippen LogP contribution in [0.2, 0.25) is 5.02 Å². The number of imidazole rings is 1. The van der Waals surface area contributed by atoms with Crippen LogP contribution in [0.1, 0.15) is 17.7 Å². The fraction of sp³-hybridized carbons (Fsp3) is 0.400. The Kier molecular flexibility index (Phi) is 7.53. The molecule has 21 heavy (non-hydrogen) atoms. The minimum atomic E-state index is 0. The number of benzene rings is 1. The van der Waals surface area contributed by atoms with E-state index in [-0.39, 0.29) is 24.8 Å². The van der Waals surface area contributed by atoms with Gasteiger partial charge in [-0.3, -0.25) is 0 Å². The highest BCUT2D eigenvalue weighted by Crippen LogP contribution is 2.40. The molecule has 0 radical (unpaired) electrons. The standard InChI is InChI=1S/C15H18ClN3.2ClH/c16-14-3-1-11(2-4-14)7-17-8-13-5-12(13)6-15-9-18-10-19-15;;/h1-4,9-10,12-13,17H,5-8H2,(H,18,19);2*1H/t12-,13+;;/m0../s1. The first-order valence-electron chi connectivity index (χ1n) is 6.73. The molecule has 1 aromatic heterocycles. The van der Waals surface area contributed by atoms with Crippen molar-refractivity contribution >= 4 is 36.4 Å². The molecule has 0 bridgehead atoms. The van der Waals surface area contributed by atoms with Crippen LogP contribution in [0.15, 0.2) is 36.8 Å². The minimum Gasteiger partial charge on any atom is -0.348 e. The van der Waals surface area contributed by atoms with Gasteiger partial charge in [-0.2, -0.15) is 0 Å². The molecule has 1 fully saturated rings. The van der Waals surface area contributed by atoms with Crippen LogP contribution in [-0.4, -0.2) is 16.5 Å². The van der Waals surface area contributed by atoms with Crippen LogP contribution in [0.25, 0.3) is 0 Å². The first-order chi connectivity index (χ1) is 9.31. The molecule has 1 saturated carbocycles. The van der Waals surface area contributed by atoms with E-state index in [1.165, 1.54) is 17.7 Å². The Morgan fingerprint density at radius 2 is 1.95 bits per heavy atom. The molecule has 1 heterocycles. The van der Waals surface area contributed by atoms with Crippen molar-refractivity contribution in [3.05, 3.63) is 53.1 Å². The number of hydrogen-bond donors (Lipinski definition) is 2. The lowest BCUT2D eigenvalue weighted by molar-refractivity contribution is 0.594. The van der Waals surface area contributed by atoms with Crippen LogP contribution in [0, 0.1) is 11.8 Å². The number of nitrogens with one attached hydrogen (secondary N) is 2. The molecule has 0 spiro atoms. The number of halogens is 3. The highest BCUT2D eigenvalue weighted by Gasteiger charge is 2.36. The molecule has 3 nitrogen and oxygen atoms in total. The molecule has 1 aliphatic rings. The molecule has 0 amide bonds. The number of aromatic amines is 1. The van der Waals surface area contributed by atoms with Crippen molar-refractivity contribution in [1.29, 1.82) is 0 Å². The number of nitrogens with zero attached hydrogens (tertiary/aromatic N) is 1. The van der Waals surface area contributed by atoms with E-state index in [1.807, 2.05) is 18.3 Å². The van der Waals surface area contributed by atoms with Crippen LogP contribution in [0.4, 0.5) is 0 Å². The Labute approximate surface area is 142 Å². The number of aromatic nitrogens is 2. The van der Waals surface area contributed by atoms with Gasteiger partial charge in [0.2, 0.25) is 0 Å². The number of H-pyrrole nitrogens is 1. The lowest BCUT2D eigenvalue weighted by atomic mass is 10.2. The first-order valence-corrected chi connectivity index (χ1v) is 7.11. The molecular weight excluding hydrogens is 329 g/mol. The Bertz CT molecular complexity index is 513. The molecule has 3 rings (SSSR count). The van der Waals surface area contributed by atoms with E-state index in [2.05, 4.69) is 27.4 Å². The van der Waals surface area contributed by atoms with Crippen LogP contribution < -0.4 is 5.32 Å². The second kappa shape index (κ2) is 8.64. The highest BCUT2D eigenvalue weighted by atomic mass is 35.5. The monoisotopic (exact) mass is 347 g/mol. The van der Waals surface area contributed by atoms with Crippen molar-refractivity contribution in [3.63, 3.8) is 0 Å². The zero-order chi connectivity index (χ0) is 13.1. The van der Waals surface area contributed by atoms with Gasteiger partial charge in [0.05, 0.1) is 6.33 Å². The average molecular weight is 349 g/mol. The molecular formula is C15H20Cl3N3. The van der Waals surface area contributed by atoms with Gasteiger partial charge in [0.25, 0.3) is 0 Å². The summed E-state index contributed by atoms with van der Waals surface area (Å²) in [7, 11) is 0. The third-order valence-corrected chi connectivity index (χ3v) is 4.01. The van der Waals surface area contributed by atoms with Crippen LogP contribution in [0.5, 0.6) is 0 Å². The summed E-state index contributed by atoms with van der Waals surface area (Å²) in [5.74, 6) is 1.63. The van der Waals surface area contributed by atoms with Gasteiger partial charge in [0, 0.05) is 23.5 Å². The maximum Gasteiger partial charge on any atom is 0.0921 e. The van der Waals surface area contributed by atoms with Gasteiger partial charge in [-0.1, -0.05) is 23.7 Å². The summed E-state index contributed by atoms with van der Waals surface area (Å²) in [4.78, 5) is 7.23. The first kappa shape index (κ1) is 18.3. The van der Waals surface area contributed by atoms with Crippen LogP contribution in [0.3, 0.4) is 0 Å². The largest absolute Gasteiger partial charge is 0.348 e. The average Bonchev–Trinajstić information content (AvgIpc) is 2.93. The summed E-state index contributed by atoms with van der Waals surface area (Å²) >= 11 is 5.86. The fourth-order valence-electron chi connectivity index (χ4n) is 2.49. The van der Waals surface area contributed by atoms with Crippen molar-refractivity contribution < 1.29 is 0 Å². The third kappa shape index (κ3) is 5.51. The Morgan fingerprint density at radius 1 is 1.19 bits per heavy atom. The van der Waals surface area contributed by atoms with E-state index in [1.54, 1.807) is 6.33 Å². The molecule has 2 atom stereocenters. The van der Waals surface area contributed by atoms with Gasteiger partial charge in [-0.15, -0.1) is 24.8 Å². The van der Waals surface area contributed by atoms with Crippen molar-refractivity contribution in [2.45, 2.75) is 19.4 Å². The zero-order valence-corrected chi connectivity index (χ0v) is 14.0. The minimum absolute atomic E-state index is 0. The SMILES string of the molecule is Cl.Cl.Clc1ccc(CNC[C@H]2C[C@H]2Cc2cnc[nH]2)cc1. The van der Waals surface area contributed by atoms with Crippen molar-refractivity contribution in [2.75, 3.05) is 6.54 Å². The predicted molar refractivity (Wildman–Crippen MR) is 91.5 cm³/mol. The molecule has 0 aliphatic heterocycles. The summed E-state index contributed by atoms with van der Waals surface area (Å²) in [6, 6.07) is 8.03. The second-order valence-electron chi connectivity index (χ2n) is 5.29. The van der Waals surface area contributed by atoms with E-state index in [0.717, 1.165) is 36.4 Å². The summed E-state index contributed by atoms with van der Waals surface area (Å²) in [5.41, 5.74) is 2.54. The molecule has 1 aliphatic carbocycles. The molecule has 2 N–H and O–H groups in total. The van der Waals surface area contributed by atoms with E-state index in [9.17, 15) is 0 Å². The number of hydrogen-bond acceptors (Lipinski definition) is 2. The lowest BCUT2D eigenvalue weighted by Crippen LogP contribution is -2.17. The maximum atomic E-state index is 5.86. The van der Waals surface area contributed by atoms with Crippen molar-refractivity contribution in [2.24, 2.45) is 11.8 Å². The van der Waals surface area contributed by atoms with Crippen LogP contribution in [-0.2, 0) is 13.0 Å². The summed E-state index contributed by atoms with van der Waals surface area (Å²) < 4.78 is 0. The Morgan fingerprint density at radius 3 is 2.62 bits per heavy atom. The van der Waals surface area contributed by atoms with Crippen LogP contribution >= 0.6 is 36.4 Å². The molecule has 116 valence electrons. The quantitative estimate of drug-likeness (QED) is 0.832. The summed E-state index contributed by atoms with van der Waals surface area (Å²) in [5, 5.41) is 4.32. The zero-order valence-electron chi connectivity index (χ0n) is 11.6. The van der Waals surface area contributed by atoms with Gasteiger partial charge in [0.15, 0.2) is 0 Å². The van der Waals surface area contributed by atoms with Crippen molar-refractivity contribution in [3.8, 4) is 0 Å². The molecule has 2 aromatic rings. The summed E-state index contributed by atoms with van der Waals surface area (Å²) in [6.07, 6.45) is 6.14. The Balaban J connectivity index is 0.00000110.